The van der Waals surface area contributed by atoms with E-state index < -0.39 is 0 Å². The molecule has 0 saturated heterocycles. The molecule has 5 nitrogen and oxygen atoms in total. The van der Waals surface area contributed by atoms with Crippen molar-refractivity contribution >= 4 is 16.9 Å². The van der Waals surface area contributed by atoms with Gasteiger partial charge in [0.05, 0.1) is 35.2 Å². The van der Waals surface area contributed by atoms with Crippen LogP contribution >= 0.6 is 11.3 Å². The van der Waals surface area contributed by atoms with Crippen molar-refractivity contribution in [2.75, 3.05) is 6.61 Å². The van der Waals surface area contributed by atoms with Gasteiger partial charge in [0.25, 0.3) is 0 Å². The summed E-state index contributed by atoms with van der Waals surface area (Å²) in [6.07, 6.45) is 14.0. The first kappa shape index (κ1) is 18.9. The molecule has 4 rings (SSSR count). The van der Waals surface area contributed by atoms with E-state index in [-0.39, 0.29) is 6.10 Å². The van der Waals surface area contributed by atoms with Gasteiger partial charge in [-0.1, -0.05) is 6.08 Å². The van der Waals surface area contributed by atoms with Gasteiger partial charge in [-0.15, -0.1) is 11.3 Å². The molecule has 3 heterocycles. The summed E-state index contributed by atoms with van der Waals surface area (Å²) in [7, 11) is 0. The summed E-state index contributed by atoms with van der Waals surface area (Å²) in [5.74, 6) is 0. The molecule has 1 aliphatic rings. The number of nitrogens with zero attached hydrogens (tertiary/aromatic N) is 4. The number of aromatic nitrogens is 4. The summed E-state index contributed by atoms with van der Waals surface area (Å²) < 4.78 is 5.67. The van der Waals surface area contributed by atoms with Crippen LogP contribution in [-0.2, 0) is 11.2 Å². The van der Waals surface area contributed by atoms with Gasteiger partial charge < -0.3 is 4.74 Å². The number of hydrogen-bond donors (Lipinski definition) is 0. The second kappa shape index (κ2) is 8.71. The van der Waals surface area contributed by atoms with Gasteiger partial charge in [-0.3, -0.25) is 9.97 Å². The first-order valence-corrected chi connectivity index (χ1v) is 10.6. The second-order valence-electron chi connectivity index (χ2n) is 7.11. The van der Waals surface area contributed by atoms with E-state index in [2.05, 4.69) is 29.9 Å². The Morgan fingerprint density at radius 2 is 2.11 bits per heavy atom. The molecule has 0 saturated carbocycles. The fourth-order valence-corrected chi connectivity index (χ4v) is 4.15. The number of thiazole rings is 1. The Morgan fingerprint density at radius 3 is 2.93 bits per heavy atom. The van der Waals surface area contributed by atoms with E-state index in [9.17, 15) is 0 Å². The molecule has 0 atom stereocenters. The molecule has 0 unspecified atom stereocenters. The average Bonchev–Trinajstić information content (AvgIpc) is 3.22. The number of ether oxygens (including phenoxy) is 1. The maximum atomic E-state index is 5.67. The molecule has 0 bridgehead atoms. The van der Waals surface area contributed by atoms with Crippen LogP contribution in [0.15, 0.2) is 43.0 Å². The van der Waals surface area contributed by atoms with Crippen LogP contribution in [0.3, 0.4) is 0 Å². The minimum Gasteiger partial charge on any atom is -0.378 e. The quantitative estimate of drug-likeness (QED) is 0.540. The molecule has 0 N–H and O–H groups in total. The molecule has 0 radical (unpaired) electrons. The van der Waals surface area contributed by atoms with Crippen molar-refractivity contribution in [1.82, 2.24) is 19.9 Å². The fourth-order valence-electron chi connectivity index (χ4n) is 3.29. The highest BCUT2D eigenvalue weighted by Gasteiger charge is 2.18. The van der Waals surface area contributed by atoms with Crippen molar-refractivity contribution in [2.45, 2.75) is 45.6 Å². The predicted octanol–water partition coefficient (Wildman–Crippen LogP) is 5.20. The average molecular weight is 393 g/mol. The first-order chi connectivity index (χ1) is 13.7. The smallest absolute Gasteiger partial charge is 0.125 e. The second-order valence-corrected chi connectivity index (χ2v) is 8.14. The summed E-state index contributed by atoms with van der Waals surface area (Å²) in [6, 6.07) is 3.95. The number of aryl methyl sites for hydroxylation is 1. The molecule has 1 aliphatic carbocycles. The van der Waals surface area contributed by atoms with Gasteiger partial charge in [0, 0.05) is 24.2 Å². The molecule has 0 aliphatic heterocycles. The largest absolute Gasteiger partial charge is 0.378 e. The maximum Gasteiger partial charge on any atom is 0.125 e. The Morgan fingerprint density at radius 1 is 1.18 bits per heavy atom. The van der Waals surface area contributed by atoms with Crippen molar-refractivity contribution in [2.24, 2.45) is 0 Å². The van der Waals surface area contributed by atoms with Gasteiger partial charge in [0.2, 0.25) is 0 Å². The lowest BCUT2D eigenvalue weighted by molar-refractivity contribution is 0.0826. The third-order valence-electron chi connectivity index (χ3n) is 4.64. The van der Waals surface area contributed by atoms with Crippen molar-refractivity contribution in [3.05, 3.63) is 54.4 Å². The molecule has 28 heavy (non-hydrogen) atoms. The van der Waals surface area contributed by atoms with Crippen LogP contribution in [0, 0.1) is 0 Å². The Kier molecular flexibility index (Phi) is 5.88. The third kappa shape index (κ3) is 4.34. The monoisotopic (exact) mass is 392 g/mol. The Labute approximate surface area is 169 Å². The van der Waals surface area contributed by atoms with Crippen molar-refractivity contribution in [1.29, 1.82) is 0 Å². The molecule has 3 aromatic rings. The van der Waals surface area contributed by atoms with Gasteiger partial charge in [0.1, 0.15) is 10.7 Å². The topological polar surface area (TPSA) is 60.8 Å². The highest BCUT2D eigenvalue weighted by molar-refractivity contribution is 7.18. The lowest BCUT2D eigenvalue weighted by atomic mass is 9.94. The van der Waals surface area contributed by atoms with Gasteiger partial charge in [-0.25, -0.2) is 9.97 Å². The molecule has 144 valence electrons. The summed E-state index contributed by atoms with van der Waals surface area (Å²) in [6.45, 7) is 4.87. The van der Waals surface area contributed by atoms with E-state index in [0.717, 1.165) is 64.8 Å². The molecule has 0 aromatic carbocycles. The van der Waals surface area contributed by atoms with E-state index in [1.54, 1.807) is 17.5 Å². The van der Waals surface area contributed by atoms with Crippen LogP contribution < -0.4 is 0 Å². The van der Waals surface area contributed by atoms with Gasteiger partial charge in [-0.2, -0.15) is 0 Å². The maximum absolute atomic E-state index is 5.67. The molecule has 3 aromatic heterocycles. The van der Waals surface area contributed by atoms with Gasteiger partial charge in [0.15, 0.2) is 0 Å². The lowest BCUT2D eigenvalue weighted by Crippen LogP contribution is -2.08. The van der Waals surface area contributed by atoms with Crippen LogP contribution in [0.25, 0.3) is 26.7 Å². The zero-order valence-electron chi connectivity index (χ0n) is 16.3. The highest BCUT2D eigenvalue weighted by Crippen LogP contribution is 2.34. The van der Waals surface area contributed by atoms with E-state index in [1.807, 2.05) is 30.7 Å². The van der Waals surface area contributed by atoms with Crippen molar-refractivity contribution in [3.63, 3.8) is 0 Å². The van der Waals surface area contributed by atoms with Crippen LogP contribution in [0.4, 0.5) is 0 Å². The molecular formula is C22H24N4OS. The number of rotatable bonds is 6. The SMILES string of the molecule is CC(C)OCC/C=C1\CCCc2ncc(-c3cnc(-c4cccnc4)s3)nc21. The van der Waals surface area contributed by atoms with E-state index >= 15 is 0 Å². The van der Waals surface area contributed by atoms with E-state index in [0.29, 0.717) is 0 Å². The van der Waals surface area contributed by atoms with Crippen molar-refractivity contribution in [3.8, 4) is 21.1 Å². The standard InChI is InChI=1S/C22H24N4OS/c1-15(2)27-11-5-8-16-6-3-9-18-21(16)26-19(13-24-18)20-14-25-22(28-20)17-7-4-10-23-12-17/h4,7-8,10,12-15H,3,5-6,9,11H2,1-2H3/b16-8+. The Balaban J connectivity index is 1.58. The van der Waals surface area contributed by atoms with Crippen LogP contribution in [-0.4, -0.2) is 32.6 Å². The van der Waals surface area contributed by atoms with Crippen LogP contribution in [0.2, 0.25) is 0 Å². The zero-order valence-corrected chi connectivity index (χ0v) is 17.1. The van der Waals surface area contributed by atoms with Crippen LogP contribution in [0.1, 0.15) is 44.5 Å². The number of hydrogen-bond acceptors (Lipinski definition) is 6. The summed E-state index contributed by atoms with van der Waals surface area (Å²) in [4.78, 5) is 19.4. The highest BCUT2D eigenvalue weighted by atomic mass is 32.1. The summed E-state index contributed by atoms with van der Waals surface area (Å²) in [5.41, 5.74) is 5.35. The predicted molar refractivity (Wildman–Crippen MR) is 113 cm³/mol. The van der Waals surface area contributed by atoms with Gasteiger partial charge in [-0.05, 0) is 57.2 Å². The molecular weight excluding hydrogens is 368 g/mol. The first-order valence-electron chi connectivity index (χ1n) is 9.74. The summed E-state index contributed by atoms with van der Waals surface area (Å²) >= 11 is 1.62. The molecule has 0 amide bonds. The van der Waals surface area contributed by atoms with Gasteiger partial charge >= 0.3 is 0 Å². The minimum atomic E-state index is 0.267. The third-order valence-corrected chi connectivity index (χ3v) is 5.71. The van der Waals surface area contributed by atoms with Crippen molar-refractivity contribution < 1.29 is 4.74 Å². The van der Waals surface area contributed by atoms with Crippen LogP contribution in [0.5, 0.6) is 0 Å². The molecule has 0 fully saturated rings. The number of pyridine rings is 1. The lowest BCUT2D eigenvalue weighted by Gasteiger charge is -2.18. The van der Waals surface area contributed by atoms with E-state index in [1.165, 1.54) is 5.57 Å². The minimum absolute atomic E-state index is 0.267. The molecule has 0 spiro atoms. The Hall–Kier alpha value is -2.44. The summed E-state index contributed by atoms with van der Waals surface area (Å²) in [5, 5.41) is 0.948. The normalized spacial score (nSPS) is 15.2. The zero-order chi connectivity index (χ0) is 19.3. The molecule has 6 heteroatoms. The number of allylic oxidation sites excluding steroid dienone is 1. The number of fused-ring (bicyclic) bond motifs is 1. The Bertz CT molecular complexity index is 966. The fraction of sp³-hybridized carbons (Fsp3) is 0.364. The van der Waals surface area contributed by atoms with E-state index in [4.69, 9.17) is 14.7 Å².